The van der Waals surface area contributed by atoms with Crippen LogP contribution in [0.1, 0.15) is 40.1 Å². The number of benzene rings is 2. The largest absolute Gasteiger partial charge is 0.460 e. The Balaban J connectivity index is 1.80. The summed E-state index contributed by atoms with van der Waals surface area (Å²) in [4.78, 5) is 24.0. The van der Waals surface area contributed by atoms with Crippen LogP contribution < -0.4 is 0 Å². The molecule has 0 radical (unpaired) electrons. The van der Waals surface area contributed by atoms with Crippen LogP contribution in [0.15, 0.2) is 60.7 Å². The Labute approximate surface area is 140 Å². The molecule has 0 heterocycles. The zero-order valence-electron chi connectivity index (χ0n) is 13.5. The van der Waals surface area contributed by atoms with E-state index in [1.54, 1.807) is 6.92 Å². The average Bonchev–Trinajstić information content (AvgIpc) is 2.60. The van der Waals surface area contributed by atoms with Gasteiger partial charge in [-0.3, -0.25) is 4.79 Å². The van der Waals surface area contributed by atoms with Gasteiger partial charge in [-0.05, 0) is 18.1 Å². The van der Waals surface area contributed by atoms with Crippen molar-refractivity contribution in [2.75, 3.05) is 13.2 Å². The van der Waals surface area contributed by atoms with Gasteiger partial charge < -0.3 is 9.47 Å². The van der Waals surface area contributed by atoms with Gasteiger partial charge in [0.15, 0.2) is 5.78 Å². The fraction of sp³-hybridized carbons (Fsp3) is 0.200. The molecule has 2 aromatic carbocycles. The third-order valence-corrected chi connectivity index (χ3v) is 3.93. The second kappa shape index (κ2) is 6.81. The minimum absolute atomic E-state index is 0.00904. The number of ketones is 1. The average molecular weight is 322 g/mol. The highest BCUT2D eigenvalue weighted by atomic mass is 16.6. The number of carbonyl (C=O) groups excluding carboxylic acids is 2. The highest BCUT2D eigenvalue weighted by Crippen LogP contribution is 2.37. The Morgan fingerprint density at radius 3 is 2.08 bits per heavy atom. The summed E-state index contributed by atoms with van der Waals surface area (Å²) in [5.74, 6) is -0.423. The van der Waals surface area contributed by atoms with Crippen molar-refractivity contribution in [1.82, 2.24) is 0 Å². The lowest BCUT2D eigenvalue weighted by atomic mass is 9.83. The molecule has 122 valence electrons. The molecule has 0 saturated heterocycles. The fourth-order valence-electron chi connectivity index (χ4n) is 2.78. The molecule has 0 fully saturated rings. The zero-order chi connectivity index (χ0) is 17.1. The molecule has 0 bridgehead atoms. The van der Waals surface area contributed by atoms with Crippen molar-refractivity contribution >= 4 is 11.8 Å². The predicted octanol–water partition coefficient (Wildman–Crippen LogP) is 3.46. The maximum atomic E-state index is 12.6. The number of fused-ring (bicyclic) bond motifs is 2. The fourth-order valence-corrected chi connectivity index (χ4v) is 2.78. The first-order valence-corrected chi connectivity index (χ1v) is 7.76. The van der Waals surface area contributed by atoms with Crippen LogP contribution in [0.3, 0.4) is 0 Å². The van der Waals surface area contributed by atoms with Gasteiger partial charge >= 0.3 is 5.97 Å². The Morgan fingerprint density at radius 1 is 1.00 bits per heavy atom. The molecule has 4 nitrogen and oxygen atoms in total. The molecule has 1 aliphatic carbocycles. The summed E-state index contributed by atoms with van der Waals surface area (Å²) < 4.78 is 11.0. The molecule has 0 atom stereocenters. The summed E-state index contributed by atoms with van der Waals surface area (Å²) in [6, 6.07) is 14.9. The summed E-state index contributed by atoms with van der Waals surface area (Å²) in [6.07, 6.45) is -0.348. The third kappa shape index (κ3) is 3.01. The van der Waals surface area contributed by atoms with Gasteiger partial charge in [0.25, 0.3) is 0 Å². The zero-order valence-corrected chi connectivity index (χ0v) is 13.5. The molecule has 4 heteroatoms. The van der Waals surface area contributed by atoms with Crippen molar-refractivity contribution in [3.05, 3.63) is 82.9 Å². The normalized spacial score (nSPS) is 13.1. The van der Waals surface area contributed by atoms with Crippen LogP contribution in [-0.2, 0) is 14.3 Å². The van der Waals surface area contributed by atoms with Crippen molar-refractivity contribution < 1.29 is 19.1 Å². The predicted molar refractivity (Wildman–Crippen MR) is 89.9 cm³/mol. The lowest BCUT2D eigenvalue weighted by molar-refractivity contribution is -0.140. The summed E-state index contributed by atoms with van der Waals surface area (Å²) in [5, 5.41) is 0. The van der Waals surface area contributed by atoms with Crippen LogP contribution in [0.2, 0.25) is 0 Å². The van der Waals surface area contributed by atoms with Crippen LogP contribution in [0.4, 0.5) is 0 Å². The van der Waals surface area contributed by atoms with Crippen LogP contribution >= 0.6 is 0 Å². The molecule has 24 heavy (non-hydrogen) atoms. The molecule has 0 saturated carbocycles. The summed E-state index contributed by atoms with van der Waals surface area (Å²) in [7, 11) is 0. The van der Waals surface area contributed by atoms with Gasteiger partial charge in [-0.2, -0.15) is 0 Å². The molecule has 0 aliphatic heterocycles. The molecular formula is C20H18O4. The minimum Gasteiger partial charge on any atom is -0.460 e. The van der Waals surface area contributed by atoms with E-state index in [9.17, 15) is 9.59 Å². The maximum absolute atomic E-state index is 12.6. The Kier molecular flexibility index (Phi) is 4.58. The van der Waals surface area contributed by atoms with E-state index in [1.165, 1.54) is 0 Å². The van der Waals surface area contributed by atoms with Crippen molar-refractivity contribution in [2.45, 2.75) is 13.0 Å². The molecule has 0 N–H and O–H groups in total. The molecule has 0 amide bonds. The topological polar surface area (TPSA) is 52.6 Å². The molecule has 2 aromatic rings. The Morgan fingerprint density at radius 2 is 1.54 bits per heavy atom. The Bertz CT molecular complexity index is 757. The van der Waals surface area contributed by atoms with E-state index in [4.69, 9.17) is 9.47 Å². The lowest BCUT2D eigenvalue weighted by Gasteiger charge is -2.27. The van der Waals surface area contributed by atoms with Gasteiger partial charge in [0.2, 0.25) is 0 Å². The van der Waals surface area contributed by atoms with Gasteiger partial charge in [0.1, 0.15) is 12.7 Å². The van der Waals surface area contributed by atoms with Crippen LogP contribution in [0.25, 0.3) is 0 Å². The number of hydrogen-bond acceptors (Lipinski definition) is 4. The van der Waals surface area contributed by atoms with Gasteiger partial charge in [0, 0.05) is 16.7 Å². The van der Waals surface area contributed by atoms with Gasteiger partial charge in [-0.1, -0.05) is 55.1 Å². The molecule has 0 unspecified atom stereocenters. The van der Waals surface area contributed by atoms with E-state index in [-0.39, 0.29) is 25.1 Å². The molecule has 0 spiro atoms. The highest BCUT2D eigenvalue weighted by Gasteiger charge is 2.30. The molecule has 3 rings (SSSR count). The van der Waals surface area contributed by atoms with Gasteiger partial charge in [0.05, 0.1) is 6.61 Å². The number of hydrogen-bond donors (Lipinski definition) is 0. The smallest absolute Gasteiger partial charge is 0.333 e. The second-order valence-corrected chi connectivity index (χ2v) is 5.67. The standard InChI is InChI=1S/C20H18O4/c1-13(2)20(22)24-12-11-23-19-16-9-5-3-7-14(16)18(21)15-8-4-6-10-17(15)19/h3-10,19H,1,11-12H2,2H3. The monoisotopic (exact) mass is 322 g/mol. The first kappa shape index (κ1) is 16.1. The summed E-state index contributed by atoms with van der Waals surface area (Å²) in [6.45, 7) is 5.51. The van der Waals surface area contributed by atoms with Crippen molar-refractivity contribution in [3.63, 3.8) is 0 Å². The number of esters is 1. The first-order valence-electron chi connectivity index (χ1n) is 7.76. The SMILES string of the molecule is C=C(C)C(=O)OCCOC1c2ccccc2C(=O)c2ccccc21. The summed E-state index contributed by atoms with van der Waals surface area (Å²) >= 11 is 0. The van der Waals surface area contributed by atoms with E-state index in [0.29, 0.717) is 16.7 Å². The van der Waals surface area contributed by atoms with Gasteiger partial charge in [-0.15, -0.1) is 0 Å². The molecule has 1 aliphatic rings. The number of rotatable bonds is 5. The van der Waals surface area contributed by atoms with Crippen molar-refractivity contribution in [3.8, 4) is 0 Å². The molecular weight excluding hydrogens is 304 g/mol. The summed E-state index contributed by atoms with van der Waals surface area (Å²) in [5.41, 5.74) is 3.34. The Hall–Kier alpha value is -2.72. The number of carbonyl (C=O) groups is 2. The van der Waals surface area contributed by atoms with E-state index in [2.05, 4.69) is 6.58 Å². The van der Waals surface area contributed by atoms with E-state index in [0.717, 1.165) is 11.1 Å². The maximum Gasteiger partial charge on any atom is 0.333 e. The van der Waals surface area contributed by atoms with Crippen LogP contribution in [0.5, 0.6) is 0 Å². The lowest BCUT2D eigenvalue weighted by Crippen LogP contribution is -2.22. The minimum atomic E-state index is -0.432. The first-order chi connectivity index (χ1) is 11.6. The van der Waals surface area contributed by atoms with E-state index >= 15 is 0 Å². The number of ether oxygens (including phenoxy) is 2. The molecule has 0 aromatic heterocycles. The van der Waals surface area contributed by atoms with Crippen LogP contribution in [0, 0.1) is 0 Å². The van der Waals surface area contributed by atoms with Gasteiger partial charge in [-0.25, -0.2) is 4.79 Å². The third-order valence-electron chi connectivity index (χ3n) is 3.93. The van der Waals surface area contributed by atoms with Crippen LogP contribution in [-0.4, -0.2) is 25.0 Å². The quantitative estimate of drug-likeness (QED) is 0.480. The van der Waals surface area contributed by atoms with E-state index < -0.39 is 5.97 Å². The van der Waals surface area contributed by atoms with Crippen molar-refractivity contribution in [1.29, 1.82) is 0 Å². The second-order valence-electron chi connectivity index (χ2n) is 5.67. The van der Waals surface area contributed by atoms with E-state index in [1.807, 2.05) is 48.5 Å². The van der Waals surface area contributed by atoms with Crippen molar-refractivity contribution in [2.24, 2.45) is 0 Å². The highest BCUT2D eigenvalue weighted by molar-refractivity contribution is 6.12.